The summed E-state index contributed by atoms with van der Waals surface area (Å²) in [5.74, 6) is 6.56. The zero-order valence-corrected chi connectivity index (χ0v) is 33.6. The molecule has 0 radical (unpaired) electrons. The van der Waals surface area contributed by atoms with E-state index < -0.39 is 63.9 Å². The standard InChI is InChI=1S/C50H33FO12/c1-8-43(53)59-29-28-39-38(25-16-32-12-18-34(19-13-32)41(52)27-17-33-14-22-36(23-15-33)60-44(54)9-2)47(51)49(58-7)40(48(39)63-46(56)11-4)26-21-35-20-24-37(61-45(55)10-3)30-42(35)62-50(57)31(5)6/h8-15,17-20,22-24,27,30H,1-5H2,6-7H3/b27-17+. The van der Waals surface area contributed by atoms with Crippen molar-refractivity contribution in [3.05, 3.63) is 180 Å². The molecular weight excluding hydrogens is 812 g/mol. The summed E-state index contributed by atoms with van der Waals surface area (Å²) in [4.78, 5) is 73.4. The van der Waals surface area contributed by atoms with Crippen LogP contribution in [0, 0.1) is 41.5 Å². The van der Waals surface area contributed by atoms with Gasteiger partial charge in [-0.3, -0.25) is 4.79 Å². The zero-order chi connectivity index (χ0) is 46.1. The maximum atomic E-state index is 16.6. The zero-order valence-electron chi connectivity index (χ0n) is 33.6. The summed E-state index contributed by atoms with van der Waals surface area (Å²) in [5, 5.41) is 0. The van der Waals surface area contributed by atoms with Gasteiger partial charge in [0.05, 0.1) is 23.8 Å². The molecule has 4 rings (SSSR count). The summed E-state index contributed by atoms with van der Waals surface area (Å²) >= 11 is 0. The van der Waals surface area contributed by atoms with Crippen LogP contribution in [0.4, 0.5) is 4.39 Å². The molecule has 0 atom stereocenters. The van der Waals surface area contributed by atoms with Crippen LogP contribution in [0.15, 0.2) is 136 Å². The van der Waals surface area contributed by atoms with E-state index in [4.69, 9.17) is 28.4 Å². The van der Waals surface area contributed by atoms with Gasteiger partial charge in [0.25, 0.3) is 0 Å². The van der Waals surface area contributed by atoms with Crippen LogP contribution in [0.3, 0.4) is 0 Å². The first-order valence-corrected chi connectivity index (χ1v) is 18.0. The van der Waals surface area contributed by atoms with Gasteiger partial charge < -0.3 is 28.4 Å². The molecule has 0 saturated carbocycles. The lowest BCUT2D eigenvalue weighted by Crippen LogP contribution is -2.11. The molecule has 0 spiro atoms. The Morgan fingerprint density at radius 1 is 0.619 bits per heavy atom. The van der Waals surface area contributed by atoms with Crippen molar-refractivity contribution in [1.29, 1.82) is 0 Å². The van der Waals surface area contributed by atoms with Gasteiger partial charge in [-0.05, 0) is 73.0 Å². The largest absolute Gasteiger partial charge is 0.492 e. The monoisotopic (exact) mass is 844 g/mol. The number of esters is 5. The first kappa shape index (κ1) is 46.4. The Morgan fingerprint density at radius 2 is 1.21 bits per heavy atom. The topological polar surface area (TPSA) is 158 Å². The maximum Gasteiger partial charge on any atom is 0.344 e. The highest BCUT2D eigenvalue weighted by Gasteiger charge is 2.26. The number of hydrogen-bond acceptors (Lipinski definition) is 12. The fraction of sp³-hybridized carbons (Fsp3) is 0.0400. The van der Waals surface area contributed by atoms with Crippen molar-refractivity contribution in [2.45, 2.75) is 6.92 Å². The molecule has 0 aromatic heterocycles. The lowest BCUT2D eigenvalue weighted by Gasteiger charge is -2.15. The Hall–Kier alpha value is -9.25. The van der Waals surface area contributed by atoms with Crippen LogP contribution in [0.1, 0.15) is 50.7 Å². The highest BCUT2D eigenvalue weighted by molar-refractivity contribution is 6.06. The number of allylic oxidation sites excluding steroid dienone is 1. The summed E-state index contributed by atoms with van der Waals surface area (Å²) < 4.78 is 48.0. The summed E-state index contributed by atoms with van der Waals surface area (Å²) in [6.07, 6.45) is 8.63. The summed E-state index contributed by atoms with van der Waals surface area (Å²) in [6, 6.07) is 16.3. The van der Waals surface area contributed by atoms with Crippen molar-refractivity contribution in [2.75, 3.05) is 7.11 Å². The van der Waals surface area contributed by atoms with E-state index in [0.29, 0.717) is 22.4 Å². The number of benzene rings is 4. The Labute approximate surface area is 361 Å². The van der Waals surface area contributed by atoms with Gasteiger partial charge in [-0.2, -0.15) is 0 Å². The van der Waals surface area contributed by atoms with E-state index in [1.54, 1.807) is 30.3 Å². The first-order chi connectivity index (χ1) is 30.2. The highest BCUT2D eigenvalue weighted by atomic mass is 19.1. The van der Waals surface area contributed by atoms with Crippen molar-refractivity contribution in [3.63, 3.8) is 0 Å². The van der Waals surface area contributed by atoms with Crippen LogP contribution in [-0.4, -0.2) is 42.7 Å². The van der Waals surface area contributed by atoms with E-state index in [9.17, 15) is 28.8 Å². The fourth-order valence-corrected chi connectivity index (χ4v) is 4.78. The third-order valence-electron chi connectivity index (χ3n) is 7.82. The van der Waals surface area contributed by atoms with E-state index in [0.717, 1.165) is 31.4 Å². The Kier molecular flexibility index (Phi) is 16.4. The van der Waals surface area contributed by atoms with Crippen LogP contribution in [0.2, 0.25) is 0 Å². The van der Waals surface area contributed by atoms with E-state index in [2.05, 4.69) is 68.6 Å². The van der Waals surface area contributed by atoms with E-state index in [1.165, 1.54) is 55.5 Å². The van der Waals surface area contributed by atoms with Crippen LogP contribution < -0.4 is 23.7 Å². The van der Waals surface area contributed by atoms with Crippen LogP contribution in [0.25, 0.3) is 6.08 Å². The molecule has 12 nitrogen and oxygen atoms in total. The molecule has 63 heavy (non-hydrogen) atoms. The Balaban J connectivity index is 1.84. The Morgan fingerprint density at radius 3 is 1.81 bits per heavy atom. The van der Waals surface area contributed by atoms with Crippen molar-refractivity contribution in [2.24, 2.45) is 0 Å². The molecule has 0 aliphatic heterocycles. The normalized spacial score (nSPS) is 9.76. The highest BCUT2D eigenvalue weighted by Crippen LogP contribution is 2.38. The van der Waals surface area contributed by atoms with Crippen LogP contribution in [0.5, 0.6) is 28.7 Å². The van der Waals surface area contributed by atoms with Gasteiger partial charge in [-0.25, -0.2) is 28.4 Å². The Bertz CT molecular complexity index is 2810. The van der Waals surface area contributed by atoms with Gasteiger partial charge in [0.1, 0.15) is 23.2 Å². The molecule has 0 fully saturated rings. The molecule has 13 heteroatoms. The summed E-state index contributed by atoms with van der Waals surface area (Å²) in [6.45, 7) is 18.4. The number of rotatable bonds is 13. The first-order valence-electron chi connectivity index (χ1n) is 18.0. The molecule has 312 valence electrons. The van der Waals surface area contributed by atoms with Gasteiger partial charge in [0.2, 0.25) is 0 Å². The SMILES string of the molecule is C=CC(=O)OC#Cc1c(C#Cc2ccc(C(=O)/C=C/c3ccc(OC(=O)C=C)cc3)cc2)c(F)c(OC)c(C#Cc2ccc(OC(=O)C=C)cc2OC(=O)C(=C)C)c1OC(=O)C=C. The number of carbonyl (C=O) groups excluding carboxylic acids is 6. The molecule has 0 aliphatic rings. The number of ketones is 1. The molecule has 0 unspecified atom stereocenters. The maximum absolute atomic E-state index is 16.6. The van der Waals surface area contributed by atoms with Gasteiger partial charge in [0.15, 0.2) is 28.8 Å². The predicted octanol–water partition coefficient (Wildman–Crippen LogP) is 7.32. The van der Waals surface area contributed by atoms with Gasteiger partial charge >= 0.3 is 29.8 Å². The van der Waals surface area contributed by atoms with E-state index in [-0.39, 0.29) is 28.4 Å². The van der Waals surface area contributed by atoms with Crippen LogP contribution >= 0.6 is 0 Å². The summed E-state index contributed by atoms with van der Waals surface area (Å²) in [5.41, 5.74) is -0.00174. The fourth-order valence-electron chi connectivity index (χ4n) is 4.78. The average molecular weight is 845 g/mol. The summed E-state index contributed by atoms with van der Waals surface area (Å²) in [7, 11) is 1.11. The van der Waals surface area contributed by atoms with E-state index in [1.807, 2.05) is 0 Å². The number of ether oxygens (including phenoxy) is 6. The second-order valence-electron chi connectivity index (χ2n) is 12.2. The number of hydrogen-bond donors (Lipinski definition) is 0. The van der Waals surface area contributed by atoms with Crippen molar-refractivity contribution in [1.82, 2.24) is 0 Å². The molecule has 4 aromatic carbocycles. The van der Waals surface area contributed by atoms with Gasteiger partial charge in [-0.1, -0.05) is 74.8 Å². The minimum absolute atomic E-state index is 0.00250. The predicted molar refractivity (Wildman–Crippen MR) is 229 cm³/mol. The minimum atomic E-state index is -1.13. The molecule has 4 aromatic rings. The minimum Gasteiger partial charge on any atom is -0.492 e. The van der Waals surface area contributed by atoms with Crippen molar-refractivity contribution in [3.8, 4) is 64.5 Å². The second kappa shape index (κ2) is 22.2. The van der Waals surface area contributed by atoms with Crippen molar-refractivity contribution < 1.29 is 61.6 Å². The van der Waals surface area contributed by atoms with Gasteiger partial charge in [-0.15, -0.1) is 0 Å². The lowest BCUT2D eigenvalue weighted by molar-refractivity contribution is -0.131. The average Bonchev–Trinajstić information content (AvgIpc) is 3.28. The number of halogens is 1. The molecule has 0 amide bonds. The van der Waals surface area contributed by atoms with E-state index >= 15 is 4.39 Å². The number of carbonyl (C=O) groups is 6. The second-order valence-corrected chi connectivity index (χ2v) is 12.2. The number of methoxy groups -OCH3 is 1. The molecular formula is C50H33FO12. The van der Waals surface area contributed by atoms with Crippen LogP contribution in [-0.2, 0) is 28.7 Å². The molecule has 0 heterocycles. The smallest absolute Gasteiger partial charge is 0.344 e. The lowest BCUT2D eigenvalue weighted by atomic mass is 9.99. The molecule has 0 bridgehead atoms. The third kappa shape index (κ3) is 12.9. The molecule has 0 N–H and O–H groups in total. The van der Waals surface area contributed by atoms with Gasteiger partial charge in [0, 0.05) is 47.1 Å². The third-order valence-corrected chi connectivity index (χ3v) is 7.82. The van der Waals surface area contributed by atoms with Crippen molar-refractivity contribution >= 4 is 41.7 Å². The quantitative estimate of drug-likeness (QED) is 0.0435. The molecule has 0 saturated heterocycles. The molecule has 0 aliphatic carbocycles.